The van der Waals surface area contributed by atoms with Gasteiger partial charge in [-0.15, -0.1) is 0 Å². The second-order valence-electron chi connectivity index (χ2n) is 7.62. The van der Waals surface area contributed by atoms with Crippen LogP contribution in [0.4, 0.5) is 0 Å². The summed E-state index contributed by atoms with van der Waals surface area (Å²) < 4.78 is 32.7. The summed E-state index contributed by atoms with van der Waals surface area (Å²) in [6.45, 7) is 3.23. The quantitative estimate of drug-likeness (QED) is 0.681. The molecule has 0 spiro atoms. The molecule has 2 aliphatic rings. The molecule has 0 amide bonds. The van der Waals surface area contributed by atoms with Crippen molar-refractivity contribution < 1.29 is 43.1 Å². The fourth-order valence-corrected chi connectivity index (χ4v) is 3.92. The third-order valence-electron chi connectivity index (χ3n) is 6.10. The maximum atomic E-state index is 12.8. The first-order valence-corrected chi connectivity index (χ1v) is 9.69. The van der Waals surface area contributed by atoms with Crippen molar-refractivity contribution in [2.45, 2.75) is 44.1 Å². The zero-order valence-corrected chi connectivity index (χ0v) is 17.7. The Labute approximate surface area is 175 Å². The Morgan fingerprint density at radius 3 is 2.23 bits per heavy atom. The van der Waals surface area contributed by atoms with Gasteiger partial charge in [0.25, 0.3) is 5.79 Å². The smallest absolute Gasteiger partial charge is 0.338 e. The summed E-state index contributed by atoms with van der Waals surface area (Å²) in [5.41, 5.74) is 0.491. The summed E-state index contributed by atoms with van der Waals surface area (Å²) >= 11 is 0. The van der Waals surface area contributed by atoms with Crippen LogP contribution in [0.1, 0.15) is 31.9 Å². The predicted molar refractivity (Wildman–Crippen MR) is 102 cm³/mol. The van der Waals surface area contributed by atoms with Crippen LogP contribution in [0.15, 0.2) is 24.3 Å². The lowest BCUT2D eigenvalue weighted by Gasteiger charge is -2.50. The van der Waals surface area contributed by atoms with Gasteiger partial charge < -0.3 is 33.5 Å². The van der Waals surface area contributed by atoms with Gasteiger partial charge >= 0.3 is 11.9 Å². The second kappa shape index (κ2) is 8.50. The van der Waals surface area contributed by atoms with Crippen LogP contribution >= 0.6 is 0 Å². The van der Waals surface area contributed by atoms with Crippen molar-refractivity contribution in [2.24, 2.45) is 11.8 Å². The molecule has 2 saturated heterocycles. The van der Waals surface area contributed by atoms with Gasteiger partial charge in [-0.05, 0) is 31.0 Å². The lowest BCUT2D eigenvalue weighted by Crippen LogP contribution is -2.66. The summed E-state index contributed by atoms with van der Waals surface area (Å²) in [7, 11) is 4.32. The molecular formula is C21H28O9. The Morgan fingerprint density at radius 1 is 1.03 bits per heavy atom. The Bertz CT molecular complexity index is 779. The summed E-state index contributed by atoms with van der Waals surface area (Å²) in [4.78, 5) is 25.5. The van der Waals surface area contributed by atoms with Gasteiger partial charge in [-0.1, -0.05) is 12.1 Å². The minimum absolute atomic E-state index is 0.105. The second-order valence-corrected chi connectivity index (χ2v) is 7.62. The predicted octanol–water partition coefficient (Wildman–Crippen LogP) is 1.58. The molecule has 1 aromatic rings. The van der Waals surface area contributed by atoms with Gasteiger partial charge in [0.2, 0.25) is 5.79 Å². The van der Waals surface area contributed by atoms with E-state index in [2.05, 4.69) is 0 Å². The highest BCUT2D eigenvalue weighted by Gasteiger charge is 2.60. The molecule has 9 nitrogen and oxygen atoms in total. The van der Waals surface area contributed by atoms with Crippen LogP contribution in [0.3, 0.4) is 0 Å². The number of carbonyl (C=O) groups is 2. The van der Waals surface area contributed by atoms with E-state index in [1.165, 1.54) is 28.3 Å². The van der Waals surface area contributed by atoms with Crippen LogP contribution in [-0.4, -0.2) is 62.7 Å². The molecule has 0 radical (unpaired) electrons. The van der Waals surface area contributed by atoms with Crippen LogP contribution < -0.4 is 4.74 Å². The lowest BCUT2D eigenvalue weighted by molar-refractivity contribution is -0.410. The average Bonchev–Trinajstić information content (AvgIpc) is 2.75. The summed E-state index contributed by atoms with van der Waals surface area (Å²) in [6, 6.07) is 6.67. The van der Waals surface area contributed by atoms with Gasteiger partial charge in [-0.2, -0.15) is 0 Å². The molecule has 6 atom stereocenters. The number of methoxy groups -OCH3 is 3. The van der Waals surface area contributed by atoms with E-state index in [4.69, 9.17) is 28.4 Å². The fraction of sp³-hybridized carbons (Fsp3) is 0.619. The normalized spacial score (nSPS) is 35.3. The first kappa shape index (κ1) is 22.5. The third kappa shape index (κ3) is 3.78. The zero-order chi connectivity index (χ0) is 22.1. The van der Waals surface area contributed by atoms with Crippen LogP contribution in [0.5, 0.6) is 5.75 Å². The van der Waals surface area contributed by atoms with Gasteiger partial charge in [0.1, 0.15) is 5.75 Å². The number of hydrogen-bond donors (Lipinski definition) is 1. The molecule has 9 heteroatoms. The maximum absolute atomic E-state index is 12.8. The zero-order valence-electron chi connectivity index (χ0n) is 17.7. The van der Waals surface area contributed by atoms with Gasteiger partial charge in [0.15, 0.2) is 6.10 Å². The molecule has 2 fully saturated rings. The number of rotatable bonds is 6. The topological polar surface area (TPSA) is 110 Å². The summed E-state index contributed by atoms with van der Waals surface area (Å²) in [5, 5.41) is 11.0. The minimum Gasteiger partial charge on any atom is -0.497 e. The minimum atomic E-state index is -1.48. The van der Waals surface area contributed by atoms with Crippen LogP contribution in [0.25, 0.3) is 0 Å². The fourth-order valence-electron chi connectivity index (χ4n) is 3.92. The first-order chi connectivity index (χ1) is 14.2. The van der Waals surface area contributed by atoms with E-state index >= 15 is 0 Å². The van der Waals surface area contributed by atoms with Crippen LogP contribution in [-0.2, 0) is 33.3 Å². The van der Waals surface area contributed by atoms with Crippen LogP contribution in [0, 0.1) is 11.8 Å². The van der Waals surface area contributed by atoms with E-state index in [0.717, 1.165) is 0 Å². The van der Waals surface area contributed by atoms with Gasteiger partial charge in [0.05, 0.1) is 25.7 Å². The number of cyclic esters (lactones) is 2. The highest BCUT2D eigenvalue weighted by molar-refractivity contribution is 5.80. The molecule has 0 saturated carbocycles. The number of esters is 2. The largest absolute Gasteiger partial charge is 0.497 e. The molecule has 0 aromatic heterocycles. The van der Waals surface area contributed by atoms with Crippen molar-refractivity contribution in [1.82, 2.24) is 0 Å². The van der Waals surface area contributed by atoms with Gasteiger partial charge in [-0.3, -0.25) is 4.79 Å². The monoisotopic (exact) mass is 424 g/mol. The van der Waals surface area contributed by atoms with Crippen LogP contribution in [0.2, 0.25) is 0 Å². The molecule has 1 aromatic carbocycles. The summed E-state index contributed by atoms with van der Waals surface area (Å²) in [5.74, 6) is -5.30. The lowest BCUT2D eigenvalue weighted by atomic mass is 9.77. The van der Waals surface area contributed by atoms with Crippen molar-refractivity contribution in [3.05, 3.63) is 29.8 Å². The molecule has 2 heterocycles. The summed E-state index contributed by atoms with van der Waals surface area (Å²) in [6.07, 6.45) is -2.05. The number of ether oxygens (including phenoxy) is 6. The maximum Gasteiger partial charge on any atom is 0.338 e. The molecule has 166 valence electrons. The highest BCUT2D eigenvalue weighted by atomic mass is 16.8. The molecule has 0 aliphatic carbocycles. The third-order valence-corrected chi connectivity index (χ3v) is 6.10. The Kier molecular flexibility index (Phi) is 6.37. The standard InChI is InChI=1S/C21H28O9/c1-20(26-4)21(2,27-5)30-19(24)17(29-20)14-10-11-28-18(23)15(14)16(22)12-6-8-13(25-3)9-7-12/h6-9,14-17,22H,10-11H2,1-5H3/t14-,15-,16+,17+,20-,21-/m0/s1. The van der Waals surface area contributed by atoms with Gasteiger partial charge in [0, 0.05) is 27.1 Å². The van der Waals surface area contributed by atoms with E-state index in [1.807, 2.05) is 0 Å². The number of hydrogen-bond acceptors (Lipinski definition) is 9. The van der Waals surface area contributed by atoms with Crippen molar-refractivity contribution in [3.8, 4) is 5.75 Å². The number of carbonyl (C=O) groups excluding carboxylic acids is 2. The Balaban J connectivity index is 1.92. The van der Waals surface area contributed by atoms with E-state index in [0.29, 0.717) is 17.7 Å². The Hall–Kier alpha value is -2.20. The van der Waals surface area contributed by atoms with Crippen molar-refractivity contribution in [2.75, 3.05) is 27.9 Å². The van der Waals surface area contributed by atoms with E-state index in [-0.39, 0.29) is 6.61 Å². The molecule has 1 N–H and O–H groups in total. The first-order valence-electron chi connectivity index (χ1n) is 9.69. The highest BCUT2D eigenvalue weighted by Crippen LogP contribution is 2.44. The van der Waals surface area contributed by atoms with Crippen molar-refractivity contribution in [1.29, 1.82) is 0 Å². The van der Waals surface area contributed by atoms with E-state index in [1.54, 1.807) is 31.2 Å². The molecule has 2 aliphatic heterocycles. The van der Waals surface area contributed by atoms with E-state index < -0.39 is 47.6 Å². The molecule has 0 unspecified atom stereocenters. The SMILES string of the molecule is COc1ccc([C@@H](O)[C@H]2C(=O)OCC[C@@H]2[C@H]2O[C@](C)(OC)[C@@](C)(OC)OC2=O)cc1. The van der Waals surface area contributed by atoms with Gasteiger partial charge in [-0.25, -0.2) is 4.79 Å². The number of benzene rings is 1. The Morgan fingerprint density at radius 2 is 1.67 bits per heavy atom. The molecule has 30 heavy (non-hydrogen) atoms. The molecular weight excluding hydrogens is 396 g/mol. The molecule has 0 bridgehead atoms. The average molecular weight is 424 g/mol. The van der Waals surface area contributed by atoms with Crippen molar-refractivity contribution in [3.63, 3.8) is 0 Å². The van der Waals surface area contributed by atoms with E-state index in [9.17, 15) is 14.7 Å². The van der Waals surface area contributed by atoms with Crippen molar-refractivity contribution >= 4 is 11.9 Å². The molecule has 3 rings (SSSR count). The number of aliphatic hydroxyl groups excluding tert-OH is 1. The number of aliphatic hydroxyl groups is 1.